The van der Waals surface area contributed by atoms with Crippen LogP contribution in [0, 0.1) is 0 Å². The van der Waals surface area contributed by atoms with E-state index in [0.717, 1.165) is 37.8 Å². The highest BCUT2D eigenvalue weighted by molar-refractivity contribution is 5.78. The zero-order valence-corrected chi connectivity index (χ0v) is 15.5. The third kappa shape index (κ3) is 5.58. The normalized spacial score (nSPS) is 16.3. The van der Waals surface area contributed by atoms with Crippen LogP contribution in [0.1, 0.15) is 30.4 Å². The lowest BCUT2D eigenvalue weighted by molar-refractivity contribution is -0.134. The second kappa shape index (κ2) is 9.21. The Bertz CT molecular complexity index is 759. The van der Waals surface area contributed by atoms with E-state index in [4.69, 9.17) is 10.5 Å². The molecule has 2 amide bonds. The van der Waals surface area contributed by atoms with Gasteiger partial charge in [-0.25, -0.2) is 0 Å². The molecule has 1 fully saturated rings. The molecule has 5 heteroatoms. The maximum absolute atomic E-state index is 12.6. The van der Waals surface area contributed by atoms with Gasteiger partial charge in [0.1, 0.15) is 5.75 Å². The van der Waals surface area contributed by atoms with Crippen molar-refractivity contribution in [2.45, 2.75) is 38.1 Å². The van der Waals surface area contributed by atoms with Gasteiger partial charge in [-0.05, 0) is 48.9 Å². The van der Waals surface area contributed by atoms with Crippen molar-refractivity contribution in [2.75, 3.05) is 13.2 Å². The number of hydrogen-bond acceptors (Lipinski definition) is 3. The zero-order chi connectivity index (χ0) is 19.1. The second-order valence-corrected chi connectivity index (χ2v) is 6.98. The van der Waals surface area contributed by atoms with Gasteiger partial charge in [0.2, 0.25) is 5.91 Å². The number of primary amides is 1. The van der Waals surface area contributed by atoms with Gasteiger partial charge in [-0.15, -0.1) is 0 Å². The number of benzene rings is 2. The number of nitrogens with two attached hydrogens (primary N) is 1. The Morgan fingerprint density at radius 3 is 2.48 bits per heavy atom. The van der Waals surface area contributed by atoms with Crippen molar-refractivity contribution < 1.29 is 14.3 Å². The van der Waals surface area contributed by atoms with Crippen LogP contribution in [0.4, 0.5) is 0 Å². The first-order chi connectivity index (χ1) is 13.1. The fourth-order valence-corrected chi connectivity index (χ4v) is 3.57. The van der Waals surface area contributed by atoms with Crippen LogP contribution in [0.15, 0.2) is 54.6 Å². The van der Waals surface area contributed by atoms with Crippen molar-refractivity contribution in [1.82, 2.24) is 4.90 Å². The molecule has 0 bridgehead atoms. The maximum Gasteiger partial charge on any atom is 0.260 e. The van der Waals surface area contributed by atoms with E-state index < -0.39 is 0 Å². The van der Waals surface area contributed by atoms with E-state index >= 15 is 0 Å². The number of hydrogen-bond donors (Lipinski definition) is 1. The van der Waals surface area contributed by atoms with Crippen LogP contribution in [-0.2, 0) is 22.4 Å². The smallest absolute Gasteiger partial charge is 0.260 e. The Hall–Kier alpha value is -2.82. The summed E-state index contributed by atoms with van der Waals surface area (Å²) >= 11 is 0. The van der Waals surface area contributed by atoms with Gasteiger partial charge in [-0.3, -0.25) is 9.59 Å². The highest BCUT2D eigenvalue weighted by atomic mass is 16.5. The Morgan fingerprint density at radius 2 is 1.78 bits per heavy atom. The van der Waals surface area contributed by atoms with Crippen LogP contribution in [-0.4, -0.2) is 35.9 Å². The first-order valence-corrected chi connectivity index (χ1v) is 9.45. The summed E-state index contributed by atoms with van der Waals surface area (Å²) < 4.78 is 5.64. The molecule has 2 aromatic carbocycles. The summed E-state index contributed by atoms with van der Waals surface area (Å²) in [5, 5.41) is 0. The fraction of sp³-hybridized carbons (Fsp3) is 0.364. The second-order valence-electron chi connectivity index (χ2n) is 6.98. The Balaban J connectivity index is 1.48. The largest absolute Gasteiger partial charge is 0.484 e. The SMILES string of the molecule is NC(=O)Cc1ccc(OCC(=O)N2CCCC2CCc2ccccc2)cc1. The van der Waals surface area contributed by atoms with Gasteiger partial charge in [0.15, 0.2) is 6.61 Å². The van der Waals surface area contributed by atoms with Crippen molar-refractivity contribution in [1.29, 1.82) is 0 Å². The first kappa shape index (κ1) is 19.0. The predicted molar refractivity (Wildman–Crippen MR) is 104 cm³/mol. The van der Waals surface area contributed by atoms with Crippen LogP contribution in [0.2, 0.25) is 0 Å². The molecule has 0 radical (unpaired) electrons. The molecule has 1 saturated heterocycles. The van der Waals surface area contributed by atoms with E-state index in [0.29, 0.717) is 11.8 Å². The van der Waals surface area contributed by atoms with Gasteiger partial charge in [0.25, 0.3) is 5.91 Å². The lowest BCUT2D eigenvalue weighted by atomic mass is 10.0. The standard InChI is InChI=1S/C22H26N2O3/c23-21(25)15-18-9-12-20(13-10-18)27-16-22(26)24-14-4-7-19(24)11-8-17-5-2-1-3-6-17/h1-3,5-6,9-10,12-13,19H,4,7-8,11,14-16H2,(H2,23,25). The molecule has 3 rings (SSSR count). The van der Waals surface area contributed by atoms with Crippen molar-refractivity contribution in [3.8, 4) is 5.75 Å². The molecule has 1 unspecified atom stereocenters. The molecule has 2 N–H and O–H groups in total. The highest BCUT2D eigenvalue weighted by Gasteiger charge is 2.28. The Kier molecular flexibility index (Phi) is 6.47. The summed E-state index contributed by atoms with van der Waals surface area (Å²) in [7, 11) is 0. The predicted octanol–water partition coefficient (Wildman–Crippen LogP) is 2.72. The molecule has 0 saturated carbocycles. The molecule has 1 atom stereocenters. The molecule has 142 valence electrons. The molecule has 1 aliphatic rings. The van der Waals surface area contributed by atoms with Gasteiger partial charge >= 0.3 is 0 Å². The Labute approximate surface area is 160 Å². The van der Waals surface area contributed by atoms with E-state index in [-0.39, 0.29) is 24.8 Å². The zero-order valence-electron chi connectivity index (χ0n) is 15.5. The number of rotatable bonds is 8. The van der Waals surface area contributed by atoms with Gasteiger partial charge in [0.05, 0.1) is 6.42 Å². The Morgan fingerprint density at radius 1 is 1.04 bits per heavy atom. The summed E-state index contributed by atoms with van der Waals surface area (Å²) in [4.78, 5) is 25.5. The van der Waals surface area contributed by atoms with Crippen molar-refractivity contribution in [3.63, 3.8) is 0 Å². The fourth-order valence-electron chi connectivity index (χ4n) is 3.57. The number of ether oxygens (including phenoxy) is 1. The maximum atomic E-state index is 12.6. The molecule has 5 nitrogen and oxygen atoms in total. The molecular formula is C22H26N2O3. The number of aryl methyl sites for hydroxylation is 1. The van der Waals surface area contributed by atoms with E-state index in [1.54, 1.807) is 24.3 Å². The number of nitrogens with zero attached hydrogens (tertiary/aromatic N) is 1. The molecule has 1 heterocycles. The van der Waals surface area contributed by atoms with Gasteiger partial charge in [0, 0.05) is 12.6 Å². The van der Waals surface area contributed by atoms with Crippen molar-refractivity contribution in [2.24, 2.45) is 5.73 Å². The monoisotopic (exact) mass is 366 g/mol. The summed E-state index contributed by atoms with van der Waals surface area (Å²) in [6.07, 6.45) is 4.28. The minimum atomic E-state index is -0.366. The molecule has 2 aromatic rings. The number of likely N-dealkylation sites (tertiary alicyclic amines) is 1. The molecular weight excluding hydrogens is 340 g/mol. The quantitative estimate of drug-likeness (QED) is 0.781. The number of amides is 2. The average Bonchev–Trinajstić information content (AvgIpc) is 3.15. The minimum Gasteiger partial charge on any atom is -0.484 e. The molecule has 0 aromatic heterocycles. The van der Waals surface area contributed by atoms with Gasteiger partial charge in [-0.1, -0.05) is 42.5 Å². The van der Waals surface area contributed by atoms with E-state index in [2.05, 4.69) is 24.3 Å². The highest BCUT2D eigenvalue weighted by Crippen LogP contribution is 2.22. The van der Waals surface area contributed by atoms with E-state index in [9.17, 15) is 9.59 Å². The van der Waals surface area contributed by atoms with Crippen LogP contribution < -0.4 is 10.5 Å². The van der Waals surface area contributed by atoms with E-state index in [1.165, 1.54) is 5.56 Å². The molecule has 27 heavy (non-hydrogen) atoms. The third-order valence-corrected chi connectivity index (χ3v) is 4.97. The molecule has 0 aliphatic carbocycles. The van der Waals surface area contributed by atoms with Crippen LogP contribution >= 0.6 is 0 Å². The molecule has 0 spiro atoms. The summed E-state index contributed by atoms with van der Waals surface area (Å²) in [5.74, 6) is 0.290. The van der Waals surface area contributed by atoms with E-state index in [1.807, 2.05) is 11.0 Å². The lowest BCUT2D eigenvalue weighted by Gasteiger charge is -2.25. The lowest BCUT2D eigenvalue weighted by Crippen LogP contribution is -2.38. The number of carbonyl (C=O) groups excluding carboxylic acids is 2. The van der Waals surface area contributed by atoms with Crippen LogP contribution in [0.25, 0.3) is 0 Å². The van der Waals surface area contributed by atoms with Crippen LogP contribution in [0.3, 0.4) is 0 Å². The minimum absolute atomic E-state index is 0.0341. The summed E-state index contributed by atoms with van der Waals surface area (Å²) in [6.45, 7) is 0.843. The third-order valence-electron chi connectivity index (χ3n) is 4.97. The van der Waals surface area contributed by atoms with Crippen molar-refractivity contribution in [3.05, 3.63) is 65.7 Å². The summed E-state index contributed by atoms with van der Waals surface area (Å²) in [5.41, 5.74) is 7.33. The van der Waals surface area contributed by atoms with Crippen LogP contribution in [0.5, 0.6) is 5.75 Å². The van der Waals surface area contributed by atoms with Gasteiger partial charge < -0.3 is 15.4 Å². The van der Waals surface area contributed by atoms with Gasteiger partial charge in [-0.2, -0.15) is 0 Å². The number of carbonyl (C=O) groups is 2. The summed E-state index contributed by atoms with van der Waals surface area (Å²) in [6, 6.07) is 17.8. The van der Waals surface area contributed by atoms with Crippen molar-refractivity contribution >= 4 is 11.8 Å². The molecule has 1 aliphatic heterocycles. The topological polar surface area (TPSA) is 72.6 Å². The first-order valence-electron chi connectivity index (χ1n) is 9.45. The average molecular weight is 366 g/mol.